The molecule has 25 heavy (non-hydrogen) atoms. The lowest BCUT2D eigenvalue weighted by Gasteiger charge is -2.40. The maximum Gasteiger partial charge on any atom is 0.306 e. The first kappa shape index (κ1) is 19.7. The van der Waals surface area contributed by atoms with Crippen molar-refractivity contribution in [2.45, 2.75) is 71.3 Å². The van der Waals surface area contributed by atoms with Gasteiger partial charge in [-0.1, -0.05) is 19.8 Å². The van der Waals surface area contributed by atoms with E-state index in [4.69, 9.17) is 0 Å². The van der Waals surface area contributed by atoms with Gasteiger partial charge in [0.1, 0.15) is 0 Å². The van der Waals surface area contributed by atoms with Crippen LogP contribution in [-0.2, 0) is 14.4 Å². The number of hydrogen-bond acceptors (Lipinski definition) is 3. The number of hydrogen-bond donors (Lipinski definition) is 2. The SMILES string of the molecule is CCCCNC(=O)C1CCC(C)N(C(=O)C2CCCC(C(=O)O)C2)C1. The zero-order valence-electron chi connectivity index (χ0n) is 15.5. The van der Waals surface area contributed by atoms with Crippen LogP contribution in [0.15, 0.2) is 0 Å². The van der Waals surface area contributed by atoms with Gasteiger partial charge in [-0.15, -0.1) is 0 Å². The predicted molar refractivity (Wildman–Crippen MR) is 94.9 cm³/mol. The molecule has 4 unspecified atom stereocenters. The average molecular weight is 352 g/mol. The van der Waals surface area contributed by atoms with Gasteiger partial charge in [-0.05, 0) is 45.4 Å². The molecule has 0 spiro atoms. The van der Waals surface area contributed by atoms with E-state index in [1.165, 1.54) is 0 Å². The third-order valence-electron chi connectivity index (χ3n) is 5.74. The molecule has 1 saturated carbocycles. The lowest BCUT2D eigenvalue weighted by Crippen LogP contribution is -2.51. The Bertz CT molecular complexity index is 494. The Labute approximate surface area is 150 Å². The third kappa shape index (κ3) is 5.19. The fourth-order valence-corrected chi connectivity index (χ4v) is 4.03. The number of carboxylic acids is 1. The van der Waals surface area contributed by atoms with Gasteiger partial charge in [0.2, 0.25) is 11.8 Å². The van der Waals surface area contributed by atoms with Gasteiger partial charge in [0.25, 0.3) is 0 Å². The van der Waals surface area contributed by atoms with E-state index in [0.717, 1.165) is 38.5 Å². The number of rotatable bonds is 6. The molecule has 0 radical (unpaired) electrons. The zero-order chi connectivity index (χ0) is 18.4. The van der Waals surface area contributed by atoms with Gasteiger partial charge in [-0.3, -0.25) is 14.4 Å². The Morgan fingerprint density at radius 3 is 2.48 bits per heavy atom. The van der Waals surface area contributed by atoms with Crippen molar-refractivity contribution in [3.63, 3.8) is 0 Å². The Balaban J connectivity index is 1.95. The molecule has 0 aromatic carbocycles. The highest BCUT2D eigenvalue weighted by Gasteiger charge is 2.38. The van der Waals surface area contributed by atoms with Gasteiger partial charge in [-0.2, -0.15) is 0 Å². The van der Waals surface area contributed by atoms with Gasteiger partial charge < -0.3 is 15.3 Å². The summed E-state index contributed by atoms with van der Waals surface area (Å²) in [6.45, 7) is 5.27. The summed E-state index contributed by atoms with van der Waals surface area (Å²) in [6.07, 6.45) is 6.30. The monoisotopic (exact) mass is 352 g/mol. The van der Waals surface area contributed by atoms with E-state index >= 15 is 0 Å². The van der Waals surface area contributed by atoms with Crippen LogP contribution in [-0.4, -0.2) is 46.9 Å². The van der Waals surface area contributed by atoms with E-state index in [1.54, 1.807) is 0 Å². The van der Waals surface area contributed by atoms with Crippen LogP contribution in [0.4, 0.5) is 0 Å². The molecule has 2 amide bonds. The fraction of sp³-hybridized carbons (Fsp3) is 0.842. The van der Waals surface area contributed by atoms with Crippen molar-refractivity contribution in [2.75, 3.05) is 13.1 Å². The smallest absolute Gasteiger partial charge is 0.306 e. The summed E-state index contributed by atoms with van der Waals surface area (Å²) < 4.78 is 0. The van der Waals surface area contributed by atoms with Crippen LogP contribution in [0.1, 0.15) is 65.2 Å². The second-order valence-electron chi connectivity index (χ2n) is 7.66. The molecule has 2 fully saturated rings. The van der Waals surface area contributed by atoms with Crippen molar-refractivity contribution in [3.8, 4) is 0 Å². The minimum absolute atomic E-state index is 0.0458. The maximum absolute atomic E-state index is 13.0. The number of carbonyl (C=O) groups excluding carboxylic acids is 2. The number of carboxylic acid groups (broad SMARTS) is 1. The highest BCUT2D eigenvalue weighted by molar-refractivity contribution is 5.83. The summed E-state index contributed by atoms with van der Waals surface area (Å²) >= 11 is 0. The number of amides is 2. The molecule has 6 heteroatoms. The van der Waals surface area contributed by atoms with Crippen molar-refractivity contribution >= 4 is 17.8 Å². The van der Waals surface area contributed by atoms with Gasteiger partial charge in [0, 0.05) is 25.0 Å². The van der Waals surface area contributed by atoms with E-state index in [0.29, 0.717) is 25.9 Å². The molecule has 1 aliphatic heterocycles. The zero-order valence-corrected chi connectivity index (χ0v) is 15.5. The van der Waals surface area contributed by atoms with E-state index in [-0.39, 0.29) is 29.7 Å². The van der Waals surface area contributed by atoms with E-state index in [9.17, 15) is 19.5 Å². The van der Waals surface area contributed by atoms with E-state index < -0.39 is 11.9 Å². The largest absolute Gasteiger partial charge is 0.481 e. The Hall–Kier alpha value is -1.59. The first-order valence-electron chi connectivity index (χ1n) is 9.75. The lowest BCUT2D eigenvalue weighted by molar-refractivity contribution is -0.147. The third-order valence-corrected chi connectivity index (χ3v) is 5.74. The molecule has 1 heterocycles. The molecular weight excluding hydrogens is 320 g/mol. The minimum Gasteiger partial charge on any atom is -0.481 e. The van der Waals surface area contributed by atoms with Crippen LogP contribution in [0.5, 0.6) is 0 Å². The fourth-order valence-electron chi connectivity index (χ4n) is 4.03. The minimum atomic E-state index is -0.794. The summed E-state index contributed by atoms with van der Waals surface area (Å²) in [5.74, 6) is -1.46. The number of nitrogens with zero attached hydrogens (tertiary/aromatic N) is 1. The maximum atomic E-state index is 13.0. The van der Waals surface area contributed by atoms with Crippen molar-refractivity contribution in [3.05, 3.63) is 0 Å². The molecule has 0 aromatic rings. The van der Waals surface area contributed by atoms with Gasteiger partial charge >= 0.3 is 5.97 Å². The van der Waals surface area contributed by atoms with Crippen molar-refractivity contribution in [1.29, 1.82) is 0 Å². The second-order valence-corrected chi connectivity index (χ2v) is 7.66. The molecule has 1 aliphatic carbocycles. The first-order chi connectivity index (χ1) is 11.9. The molecule has 2 N–H and O–H groups in total. The topological polar surface area (TPSA) is 86.7 Å². The van der Waals surface area contributed by atoms with Gasteiger partial charge in [0.05, 0.1) is 11.8 Å². The van der Waals surface area contributed by atoms with Crippen LogP contribution in [0, 0.1) is 17.8 Å². The number of unbranched alkanes of at least 4 members (excludes halogenated alkanes) is 1. The molecule has 0 aromatic heterocycles. The summed E-state index contributed by atoms with van der Waals surface area (Å²) in [4.78, 5) is 38.4. The van der Waals surface area contributed by atoms with Crippen molar-refractivity contribution < 1.29 is 19.5 Å². The normalized spacial score (nSPS) is 29.9. The summed E-state index contributed by atoms with van der Waals surface area (Å²) in [6, 6.07) is 0.123. The number of piperidine rings is 1. The average Bonchev–Trinajstić information content (AvgIpc) is 2.61. The molecule has 6 nitrogen and oxygen atoms in total. The summed E-state index contributed by atoms with van der Waals surface area (Å²) in [5, 5.41) is 12.2. The Morgan fingerprint density at radius 2 is 1.80 bits per heavy atom. The number of aliphatic carboxylic acids is 1. The quantitative estimate of drug-likeness (QED) is 0.719. The first-order valence-corrected chi connectivity index (χ1v) is 9.75. The summed E-state index contributed by atoms with van der Waals surface area (Å²) in [5.41, 5.74) is 0. The summed E-state index contributed by atoms with van der Waals surface area (Å²) in [7, 11) is 0. The molecule has 4 atom stereocenters. The lowest BCUT2D eigenvalue weighted by atomic mass is 9.80. The van der Waals surface area contributed by atoms with Crippen LogP contribution < -0.4 is 5.32 Å². The molecule has 2 aliphatic rings. The number of likely N-dealkylation sites (tertiary alicyclic amines) is 1. The van der Waals surface area contributed by atoms with Gasteiger partial charge in [0.15, 0.2) is 0 Å². The highest BCUT2D eigenvalue weighted by Crippen LogP contribution is 2.33. The molecular formula is C19H32N2O4. The predicted octanol–water partition coefficient (Wildman–Crippen LogP) is 2.42. The standard InChI is InChI=1S/C19H32N2O4/c1-3-4-10-20-17(22)16-9-8-13(2)21(12-16)18(23)14-6-5-7-15(11-14)19(24)25/h13-16H,3-12H2,1-2H3,(H,20,22)(H,24,25). The van der Waals surface area contributed by atoms with Gasteiger partial charge in [-0.25, -0.2) is 0 Å². The van der Waals surface area contributed by atoms with Crippen molar-refractivity contribution in [2.24, 2.45) is 17.8 Å². The van der Waals surface area contributed by atoms with Crippen LogP contribution in [0.2, 0.25) is 0 Å². The molecule has 0 bridgehead atoms. The van der Waals surface area contributed by atoms with E-state index in [1.807, 2.05) is 11.8 Å². The molecule has 2 rings (SSSR count). The second kappa shape index (κ2) is 9.20. The Morgan fingerprint density at radius 1 is 1.08 bits per heavy atom. The molecule has 1 saturated heterocycles. The van der Waals surface area contributed by atoms with Crippen LogP contribution >= 0.6 is 0 Å². The van der Waals surface area contributed by atoms with E-state index in [2.05, 4.69) is 12.2 Å². The number of nitrogens with one attached hydrogen (secondary N) is 1. The molecule has 142 valence electrons. The van der Waals surface area contributed by atoms with Crippen LogP contribution in [0.25, 0.3) is 0 Å². The number of carbonyl (C=O) groups is 3. The Kier molecular flexibility index (Phi) is 7.26. The van der Waals surface area contributed by atoms with Crippen LogP contribution in [0.3, 0.4) is 0 Å². The van der Waals surface area contributed by atoms with Crippen molar-refractivity contribution in [1.82, 2.24) is 10.2 Å². The highest BCUT2D eigenvalue weighted by atomic mass is 16.4.